The molecule has 1 aliphatic rings. The van der Waals surface area contributed by atoms with Crippen LogP contribution in [-0.4, -0.2) is 36.6 Å². The van der Waals surface area contributed by atoms with Gasteiger partial charge in [-0.2, -0.15) is 0 Å². The van der Waals surface area contributed by atoms with Gasteiger partial charge in [0.05, 0.1) is 6.54 Å². The van der Waals surface area contributed by atoms with Crippen LogP contribution in [0.15, 0.2) is 0 Å². The molecule has 74 valence electrons. The maximum absolute atomic E-state index is 5.17. The molecule has 0 amide bonds. The topological polar surface area (TPSA) is 15.3 Å². The summed E-state index contributed by atoms with van der Waals surface area (Å²) in [6, 6.07) is 1.47. The third kappa shape index (κ3) is 3.38. The summed E-state index contributed by atoms with van der Waals surface area (Å²) in [6.45, 7) is 7.35. The first-order valence-corrected chi connectivity index (χ1v) is 5.19. The van der Waals surface area contributed by atoms with E-state index in [1.807, 2.05) is 0 Å². The van der Waals surface area contributed by atoms with Crippen LogP contribution in [0.3, 0.4) is 0 Å². The second-order valence-corrected chi connectivity index (χ2v) is 3.75. The van der Waals surface area contributed by atoms with Gasteiger partial charge in [0, 0.05) is 18.6 Å². The predicted molar refractivity (Wildman–Crippen MR) is 56.6 cm³/mol. The first-order chi connectivity index (χ1) is 6.29. The van der Waals surface area contributed by atoms with Crippen LogP contribution in [0.2, 0.25) is 0 Å². The van der Waals surface area contributed by atoms with E-state index in [9.17, 15) is 0 Å². The van der Waals surface area contributed by atoms with Crippen molar-refractivity contribution >= 4 is 0 Å². The minimum absolute atomic E-state index is 0.617. The second kappa shape index (κ2) is 5.26. The van der Waals surface area contributed by atoms with Crippen molar-refractivity contribution in [2.45, 2.75) is 38.8 Å². The van der Waals surface area contributed by atoms with Crippen molar-refractivity contribution in [3.05, 3.63) is 0 Å². The van der Waals surface area contributed by atoms with Crippen molar-refractivity contribution in [2.75, 3.05) is 19.6 Å². The number of hydrogen-bond acceptors (Lipinski definition) is 2. The molecule has 1 aliphatic carbocycles. The van der Waals surface area contributed by atoms with Crippen LogP contribution in [0, 0.1) is 12.3 Å². The number of terminal acetylenes is 1. The molecule has 0 aromatic heterocycles. The molecule has 1 unspecified atom stereocenters. The first-order valence-electron chi connectivity index (χ1n) is 5.19. The van der Waals surface area contributed by atoms with Gasteiger partial charge in [0.25, 0.3) is 0 Å². The zero-order valence-corrected chi connectivity index (χ0v) is 8.71. The molecule has 1 atom stereocenters. The van der Waals surface area contributed by atoms with E-state index in [0.29, 0.717) is 12.6 Å². The fourth-order valence-electron chi connectivity index (χ4n) is 1.81. The van der Waals surface area contributed by atoms with Gasteiger partial charge in [-0.1, -0.05) is 12.8 Å². The highest BCUT2D eigenvalue weighted by molar-refractivity contribution is 4.90. The van der Waals surface area contributed by atoms with E-state index in [2.05, 4.69) is 30.0 Å². The fraction of sp³-hybridized carbons (Fsp3) is 0.818. The highest BCUT2D eigenvalue weighted by Gasteiger charge is 2.30. The van der Waals surface area contributed by atoms with Crippen LogP contribution in [-0.2, 0) is 0 Å². The quantitative estimate of drug-likeness (QED) is 0.486. The molecule has 0 aromatic rings. The average Bonchev–Trinajstić information content (AvgIpc) is 2.90. The van der Waals surface area contributed by atoms with Crippen LogP contribution >= 0.6 is 0 Å². The summed E-state index contributed by atoms with van der Waals surface area (Å²) in [6.07, 6.45) is 7.93. The molecule has 0 bridgehead atoms. The minimum atomic E-state index is 0.617. The van der Waals surface area contributed by atoms with Crippen molar-refractivity contribution in [2.24, 2.45) is 0 Å². The van der Waals surface area contributed by atoms with E-state index in [4.69, 9.17) is 6.42 Å². The lowest BCUT2D eigenvalue weighted by Crippen LogP contribution is -2.41. The molecule has 2 nitrogen and oxygen atoms in total. The average molecular weight is 180 g/mol. The van der Waals surface area contributed by atoms with Gasteiger partial charge in [0.2, 0.25) is 0 Å². The SMILES string of the molecule is C#CCNCC(C)N(CC)C1CC1. The van der Waals surface area contributed by atoms with E-state index >= 15 is 0 Å². The molecule has 0 aliphatic heterocycles. The molecule has 2 heteroatoms. The number of hydrogen-bond donors (Lipinski definition) is 1. The number of nitrogens with one attached hydrogen (secondary N) is 1. The Hall–Kier alpha value is -0.520. The van der Waals surface area contributed by atoms with E-state index in [1.54, 1.807) is 0 Å². The zero-order chi connectivity index (χ0) is 9.68. The molecule has 1 N–H and O–H groups in total. The van der Waals surface area contributed by atoms with Crippen molar-refractivity contribution in [3.8, 4) is 12.3 Å². The number of rotatable bonds is 6. The van der Waals surface area contributed by atoms with Crippen LogP contribution < -0.4 is 5.32 Å². The molecular weight excluding hydrogens is 160 g/mol. The third-order valence-corrected chi connectivity index (χ3v) is 2.61. The molecule has 0 saturated heterocycles. The Morgan fingerprint density at radius 2 is 2.31 bits per heavy atom. The summed E-state index contributed by atoms with van der Waals surface area (Å²) in [5.74, 6) is 2.60. The summed E-state index contributed by atoms with van der Waals surface area (Å²) in [5, 5.41) is 3.25. The van der Waals surface area contributed by atoms with Crippen molar-refractivity contribution in [1.82, 2.24) is 10.2 Å². The smallest absolute Gasteiger partial charge is 0.0574 e. The summed E-state index contributed by atoms with van der Waals surface area (Å²) < 4.78 is 0. The van der Waals surface area contributed by atoms with Gasteiger partial charge in [-0.15, -0.1) is 6.42 Å². The van der Waals surface area contributed by atoms with E-state index < -0.39 is 0 Å². The minimum Gasteiger partial charge on any atom is -0.305 e. The standard InChI is InChI=1S/C11H20N2/c1-4-8-12-9-10(3)13(5-2)11-6-7-11/h1,10-12H,5-9H2,2-3H3. The van der Waals surface area contributed by atoms with E-state index in [1.165, 1.54) is 12.8 Å². The molecule has 0 heterocycles. The van der Waals surface area contributed by atoms with Crippen LogP contribution in [0.1, 0.15) is 26.7 Å². The highest BCUT2D eigenvalue weighted by Crippen LogP contribution is 2.27. The lowest BCUT2D eigenvalue weighted by Gasteiger charge is -2.27. The third-order valence-electron chi connectivity index (χ3n) is 2.61. The molecule has 0 spiro atoms. The molecule has 1 fully saturated rings. The van der Waals surface area contributed by atoms with Gasteiger partial charge in [-0.3, -0.25) is 4.90 Å². The normalized spacial score (nSPS) is 18.6. The Kier molecular flexibility index (Phi) is 4.27. The van der Waals surface area contributed by atoms with Gasteiger partial charge in [-0.05, 0) is 26.3 Å². The van der Waals surface area contributed by atoms with Gasteiger partial charge >= 0.3 is 0 Å². The largest absolute Gasteiger partial charge is 0.305 e. The Labute approximate surface area is 81.7 Å². The van der Waals surface area contributed by atoms with E-state index in [-0.39, 0.29) is 0 Å². The van der Waals surface area contributed by atoms with Crippen LogP contribution in [0.4, 0.5) is 0 Å². The highest BCUT2D eigenvalue weighted by atomic mass is 15.2. The van der Waals surface area contributed by atoms with Crippen LogP contribution in [0.5, 0.6) is 0 Å². The molecule has 0 aromatic carbocycles. The van der Waals surface area contributed by atoms with Gasteiger partial charge in [0.1, 0.15) is 0 Å². The maximum Gasteiger partial charge on any atom is 0.0574 e. The molecular formula is C11H20N2. The van der Waals surface area contributed by atoms with Crippen molar-refractivity contribution < 1.29 is 0 Å². The first kappa shape index (κ1) is 10.6. The molecule has 13 heavy (non-hydrogen) atoms. The zero-order valence-electron chi connectivity index (χ0n) is 8.71. The Morgan fingerprint density at radius 1 is 1.62 bits per heavy atom. The van der Waals surface area contributed by atoms with Crippen molar-refractivity contribution in [3.63, 3.8) is 0 Å². The Bertz CT molecular complexity index is 179. The maximum atomic E-state index is 5.17. The van der Waals surface area contributed by atoms with E-state index in [0.717, 1.165) is 19.1 Å². The summed E-state index contributed by atoms with van der Waals surface area (Å²) in [7, 11) is 0. The number of likely N-dealkylation sites (N-methyl/N-ethyl adjacent to an activating group) is 1. The Balaban J connectivity index is 2.19. The predicted octanol–water partition coefficient (Wildman–Crippen LogP) is 1.08. The lowest BCUT2D eigenvalue weighted by atomic mass is 10.2. The summed E-state index contributed by atoms with van der Waals surface area (Å²) >= 11 is 0. The molecule has 0 radical (unpaired) electrons. The van der Waals surface area contributed by atoms with Crippen LogP contribution in [0.25, 0.3) is 0 Å². The van der Waals surface area contributed by atoms with Gasteiger partial charge < -0.3 is 5.32 Å². The van der Waals surface area contributed by atoms with Gasteiger partial charge in [-0.25, -0.2) is 0 Å². The Morgan fingerprint density at radius 3 is 2.77 bits per heavy atom. The second-order valence-electron chi connectivity index (χ2n) is 3.75. The number of nitrogens with zero attached hydrogens (tertiary/aromatic N) is 1. The molecule has 1 rings (SSSR count). The lowest BCUT2D eigenvalue weighted by molar-refractivity contribution is 0.206. The summed E-state index contributed by atoms with van der Waals surface area (Å²) in [4.78, 5) is 2.56. The summed E-state index contributed by atoms with van der Waals surface area (Å²) in [5.41, 5.74) is 0. The fourth-order valence-corrected chi connectivity index (χ4v) is 1.81. The van der Waals surface area contributed by atoms with Crippen molar-refractivity contribution in [1.29, 1.82) is 0 Å². The molecule has 1 saturated carbocycles. The monoisotopic (exact) mass is 180 g/mol. The van der Waals surface area contributed by atoms with Gasteiger partial charge in [0.15, 0.2) is 0 Å².